The number of nitrogens with zero attached hydrogens (tertiary/aromatic N) is 4. The average Bonchev–Trinajstić information content (AvgIpc) is 2.97. The molecule has 6 heteroatoms. The quantitative estimate of drug-likeness (QED) is 0.384. The molecule has 0 fully saturated rings. The predicted octanol–water partition coefficient (Wildman–Crippen LogP) is 5.37. The van der Waals surface area contributed by atoms with E-state index in [4.69, 9.17) is 0 Å². The highest BCUT2D eigenvalue weighted by Gasteiger charge is 2.12. The summed E-state index contributed by atoms with van der Waals surface area (Å²) >= 11 is 3.42. The first-order chi connectivity index (χ1) is 14.3. The lowest BCUT2D eigenvalue weighted by Crippen LogP contribution is -2.20. The van der Waals surface area contributed by atoms with Crippen LogP contribution in [-0.2, 0) is 0 Å². The van der Waals surface area contributed by atoms with Crippen LogP contribution in [0, 0.1) is 34.6 Å². The summed E-state index contributed by atoms with van der Waals surface area (Å²) in [7, 11) is 0. The molecule has 0 unspecified atom stereocenters. The second-order valence-corrected chi connectivity index (χ2v) is 8.55. The number of aromatic nitrogens is 3. The van der Waals surface area contributed by atoms with Crippen molar-refractivity contribution >= 4 is 33.0 Å². The van der Waals surface area contributed by atoms with E-state index in [1.165, 1.54) is 15.8 Å². The van der Waals surface area contributed by atoms with Gasteiger partial charge < -0.3 is 4.57 Å². The summed E-state index contributed by atoms with van der Waals surface area (Å²) in [6, 6.07) is 14.0. The summed E-state index contributed by atoms with van der Waals surface area (Å²) in [5, 5.41) is 5.03. The Balaban J connectivity index is 1.81. The Kier molecular flexibility index (Phi) is 5.20. The summed E-state index contributed by atoms with van der Waals surface area (Å²) < 4.78 is 4.43. The molecule has 0 atom stereocenters. The molecule has 0 amide bonds. The van der Waals surface area contributed by atoms with E-state index in [1.54, 1.807) is 19.2 Å². The normalized spacial score (nSPS) is 11.7. The third-order valence-electron chi connectivity index (χ3n) is 5.36. The molecule has 0 spiro atoms. The molecule has 0 aliphatic rings. The Hall–Kier alpha value is -2.99. The van der Waals surface area contributed by atoms with Crippen LogP contribution in [0.4, 0.5) is 0 Å². The molecular weight excluding hydrogens is 440 g/mol. The summed E-state index contributed by atoms with van der Waals surface area (Å²) in [6.07, 6.45) is 1.74. The molecule has 30 heavy (non-hydrogen) atoms. The molecular formula is C24H23BrN4O. The highest BCUT2D eigenvalue weighted by molar-refractivity contribution is 9.10. The van der Waals surface area contributed by atoms with Crippen LogP contribution >= 0.6 is 15.9 Å². The van der Waals surface area contributed by atoms with E-state index in [2.05, 4.69) is 82.5 Å². The first-order valence-corrected chi connectivity index (χ1v) is 10.6. The van der Waals surface area contributed by atoms with Crippen molar-refractivity contribution in [2.45, 2.75) is 34.6 Å². The molecule has 2 aromatic carbocycles. The number of benzene rings is 2. The number of fused-ring (bicyclic) bond motifs is 1. The van der Waals surface area contributed by atoms with Gasteiger partial charge in [-0.15, -0.1) is 0 Å². The molecule has 5 nitrogen and oxygen atoms in total. The van der Waals surface area contributed by atoms with Gasteiger partial charge in [-0.3, -0.25) is 4.79 Å². The Labute approximate surface area is 183 Å². The van der Waals surface area contributed by atoms with Crippen molar-refractivity contribution < 1.29 is 0 Å². The first-order valence-electron chi connectivity index (χ1n) is 9.76. The number of hydrogen-bond donors (Lipinski definition) is 0. The minimum atomic E-state index is -0.182. The maximum Gasteiger partial charge on any atom is 0.282 e. The van der Waals surface area contributed by atoms with E-state index >= 15 is 0 Å². The Morgan fingerprint density at radius 1 is 1.00 bits per heavy atom. The Bertz CT molecular complexity index is 1380. The molecule has 2 heterocycles. The maximum absolute atomic E-state index is 13.0. The zero-order valence-corrected chi connectivity index (χ0v) is 19.3. The van der Waals surface area contributed by atoms with E-state index < -0.39 is 0 Å². The lowest BCUT2D eigenvalue weighted by molar-refractivity contribution is 0.770. The number of halogens is 1. The minimum Gasteiger partial charge on any atom is -0.318 e. The van der Waals surface area contributed by atoms with E-state index in [0.717, 1.165) is 27.1 Å². The molecule has 0 N–H and O–H groups in total. The SMILES string of the molecule is Cc1ccc(C)c(-n2c(C)cc(C=Nn3c(C)nc4ccc(Br)cc4c3=O)c2C)c1. The molecule has 2 aromatic heterocycles. The van der Waals surface area contributed by atoms with Gasteiger partial charge in [-0.2, -0.15) is 9.78 Å². The molecule has 0 saturated heterocycles. The van der Waals surface area contributed by atoms with Crippen LogP contribution < -0.4 is 5.56 Å². The molecule has 0 aliphatic heterocycles. The van der Waals surface area contributed by atoms with Gasteiger partial charge in [-0.1, -0.05) is 28.1 Å². The van der Waals surface area contributed by atoms with E-state index in [9.17, 15) is 4.79 Å². The summed E-state index contributed by atoms with van der Waals surface area (Å²) in [4.78, 5) is 17.5. The molecule has 0 bridgehead atoms. The Morgan fingerprint density at radius 2 is 1.77 bits per heavy atom. The standard InChI is InChI=1S/C24H23BrN4O/c1-14-6-7-15(2)23(10-14)28-16(3)11-19(17(28)4)13-26-29-18(5)27-22-9-8-20(25)12-21(22)24(29)30/h6-13H,1-5H3. The molecule has 4 aromatic rings. The maximum atomic E-state index is 13.0. The van der Waals surface area contributed by atoms with Crippen LogP contribution in [0.3, 0.4) is 0 Å². The predicted molar refractivity (Wildman–Crippen MR) is 126 cm³/mol. The van der Waals surface area contributed by atoms with Crippen molar-refractivity contribution in [2.24, 2.45) is 5.10 Å². The van der Waals surface area contributed by atoms with Gasteiger partial charge in [0.1, 0.15) is 5.82 Å². The zero-order valence-electron chi connectivity index (χ0n) is 17.7. The summed E-state index contributed by atoms with van der Waals surface area (Å²) in [5.41, 5.74) is 7.23. The second-order valence-electron chi connectivity index (χ2n) is 7.63. The van der Waals surface area contributed by atoms with Crippen molar-refractivity contribution in [1.82, 2.24) is 14.2 Å². The van der Waals surface area contributed by atoms with E-state index in [-0.39, 0.29) is 5.56 Å². The van der Waals surface area contributed by atoms with Gasteiger partial charge in [0, 0.05) is 27.1 Å². The average molecular weight is 463 g/mol. The van der Waals surface area contributed by atoms with Gasteiger partial charge in [0.25, 0.3) is 5.56 Å². The highest BCUT2D eigenvalue weighted by Crippen LogP contribution is 2.23. The molecule has 0 aliphatic carbocycles. The van der Waals surface area contributed by atoms with Gasteiger partial charge in [0.2, 0.25) is 0 Å². The highest BCUT2D eigenvalue weighted by atomic mass is 79.9. The van der Waals surface area contributed by atoms with Crippen LogP contribution in [0.5, 0.6) is 0 Å². The van der Waals surface area contributed by atoms with Gasteiger partial charge in [0.15, 0.2) is 0 Å². The van der Waals surface area contributed by atoms with Crippen LogP contribution in [0.2, 0.25) is 0 Å². The largest absolute Gasteiger partial charge is 0.318 e. The van der Waals surface area contributed by atoms with Crippen molar-refractivity contribution in [1.29, 1.82) is 0 Å². The summed E-state index contributed by atoms with van der Waals surface area (Å²) in [6.45, 7) is 10.2. The topological polar surface area (TPSA) is 52.2 Å². The molecule has 0 radical (unpaired) electrons. The van der Waals surface area contributed by atoms with E-state index in [1.807, 2.05) is 12.1 Å². The van der Waals surface area contributed by atoms with Gasteiger partial charge in [-0.25, -0.2) is 4.98 Å². The fourth-order valence-corrected chi connectivity index (χ4v) is 4.13. The number of hydrogen-bond acceptors (Lipinski definition) is 3. The third-order valence-corrected chi connectivity index (χ3v) is 5.85. The zero-order chi connectivity index (χ0) is 21.6. The van der Waals surface area contributed by atoms with Gasteiger partial charge >= 0.3 is 0 Å². The fraction of sp³-hybridized carbons (Fsp3) is 0.208. The minimum absolute atomic E-state index is 0.182. The molecule has 0 saturated carbocycles. The van der Waals surface area contributed by atoms with Crippen LogP contribution in [-0.4, -0.2) is 20.4 Å². The summed E-state index contributed by atoms with van der Waals surface area (Å²) in [5.74, 6) is 0.550. The van der Waals surface area contributed by atoms with Crippen molar-refractivity contribution in [3.63, 3.8) is 0 Å². The van der Waals surface area contributed by atoms with Crippen molar-refractivity contribution in [3.8, 4) is 5.69 Å². The van der Waals surface area contributed by atoms with Crippen molar-refractivity contribution in [2.75, 3.05) is 0 Å². The van der Waals surface area contributed by atoms with Gasteiger partial charge in [-0.05, 0) is 76.1 Å². The first kappa shape index (κ1) is 20.3. The third kappa shape index (κ3) is 3.52. The van der Waals surface area contributed by atoms with Crippen LogP contribution in [0.15, 0.2) is 56.8 Å². The second kappa shape index (κ2) is 7.69. The lowest BCUT2D eigenvalue weighted by Gasteiger charge is -2.13. The fourth-order valence-electron chi connectivity index (χ4n) is 3.77. The molecule has 4 rings (SSSR count). The van der Waals surface area contributed by atoms with Crippen LogP contribution in [0.1, 0.15) is 33.9 Å². The monoisotopic (exact) mass is 462 g/mol. The molecule has 152 valence electrons. The smallest absolute Gasteiger partial charge is 0.282 e. The van der Waals surface area contributed by atoms with Crippen LogP contribution in [0.25, 0.3) is 16.6 Å². The van der Waals surface area contributed by atoms with Gasteiger partial charge in [0.05, 0.1) is 17.1 Å². The lowest BCUT2D eigenvalue weighted by atomic mass is 10.1. The van der Waals surface area contributed by atoms with E-state index in [0.29, 0.717) is 16.7 Å². The Morgan fingerprint density at radius 3 is 2.53 bits per heavy atom. The number of rotatable bonds is 3. The number of aryl methyl sites for hydroxylation is 4. The van der Waals surface area contributed by atoms with Crippen molar-refractivity contribution in [3.05, 3.63) is 91.2 Å².